The number of benzene rings is 1. The van der Waals surface area contributed by atoms with Crippen LogP contribution in [0.5, 0.6) is 0 Å². The predicted molar refractivity (Wildman–Crippen MR) is 57.8 cm³/mol. The zero-order chi connectivity index (χ0) is 16.4. The summed E-state index contributed by atoms with van der Waals surface area (Å²) in [6.45, 7) is -1.59. The summed E-state index contributed by atoms with van der Waals surface area (Å²) in [5.74, 6) is -6.28. The minimum atomic E-state index is -5.03. The van der Waals surface area contributed by atoms with E-state index >= 15 is 0 Å². The summed E-state index contributed by atoms with van der Waals surface area (Å²) in [5.41, 5.74) is -3.19. The molecular formula is C11H8F7NO2. The lowest BCUT2D eigenvalue weighted by Gasteiger charge is -2.18. The number of rotatable bonds is 5. The van der Waals surface area contributed by atoms with Gasteiger partial charge in [-0.25, -0.2) is 13.6 Å². The lowest BCUT2D eigenvalue weighted by Crippen LogP contribution is -2.34. The van der Waals surface area contributed by atoms with E-state index in [0.717, 1.165) is 6.07 Å². The van der Waals surface area contributed by atoms with Crippen LogP contribution in [-0.2, 0) is 6.18 Å². The van der Waals surface area contributed by atoms with Gasteiger partial charge in [-0.3, -0.25) is 0 Å². The molecule has 1 rings (SSSR count). The molecule has 0 saturated carbocycles. The minimum absolute atomic E-state index is 0.269. The molecule has 1 aromatic rings. The monoisotopic (exact) mass is 319 g/mol. The van der Waals surface area contributed by atoms with Crippen LogP contribution >= 0.6 is 0 Å². The van der Waals surface area contributed by atoms with Crippen LogP contribution in [-0.4, -0.2) is 30.0 Å². The van der Waals surface area contributed by atoms with E-state index < -0.39 is 47.9 Å². The zero-order valence-electron chi connectivity index (χ0n) is 10.0. The highest BCUT2D eigenvalue weighted by atomic mass is 19.4. The number of aromatic carboxylic acids is 1. The second-order valence-electron chi connectivity index (χ2n) is 3.98. The van der Waals surface area contributed by atoms with Gasteiger partial charge in [-0.15, -0.1) is 0 Å². The molecule has 0 aromatic heterocycles. The zero-order valence-corrected chi connectivity index (χ0v) is 10.0. The SMILES string of the molecule is O=C(O)c1ccc(NCC(F)(F)C(F)F)cc1C(F)(F)F. The van der Waals surface area contributed by atoms with E-state index in [1.54, 1.807) is 5.32 Å². The van der Waals surface area contributed by atoms with Gasteiger partial charge in [-0.05, 0) is 18.2 Å². The van der Waals surface area contributed by atoms with Crippen LogP contribution in [0.4, 0.5) is 36.4 Å². The Hall–Kier alpha value is -2.00. The number of hydrogen-bond donors (Lipinski definition) is 2. The van der Waals surface area contributed by atoms with Crippen molar-refractivity contribution in [2.75, 3.05) is 11.9 Å². The molecule has 10 heteroatoms. The number of hydrogen-bond acceptors (Lipinski definition) is 2. The van der Waals surface area contributed by atoms with Gasteiger partial charge >= 0.3 is 24.5 Å². The maximum absolute atomic E-state index is 12.6. The Morgan fingerprint density at radius 2 is 1.76 bits per heavy atom. The van der Waals surface area contributed by atoms with Crippen molar-refractivity contribution in [3.63, 3.8) is 0 Å². The maximum atomic E-state index is 12.6. The second-order valence-corrected chi connectivity index (χ2v) is 3.98. The van der Waals surface area contributed by atoms with Crippen LogP contribution in [0, 0.1) is 0 Å². The van der Waals surface area contributed by atoms with Crippen molar-refractivity contribution >= 4 is 11.7 Å². The van der Waals surface area contributed by atoms with Crippen molar-refractivity contribution in [3.05, 3.63) is 29.3 Å². The molecule has 0 saturated heterocycles. The summed E-state index contributed by atoms with van der Waals surface area (Å²) in [4.78, 5) is 10.6. The number of anilines is 1. The van der Waals surface area contributed by atoms with Crippen molar-refractivity contribution in [3.8, 4) is 0 Å². The van der Waals surface area contributed by atoms with Gasteiger partial charge in [0, 0.05) is 5.69 Å². The summed E-state index contributed by atoms with van der Waals surface area (Å²) in [7, 11) is 0. The van der Waals surface area contributed by atoms with Crippen LogP contribution in [0.1, 0.15) is 15.9 Å². The smallest absolute Gasteiger partial charge is 0.417 e. The predicted octanol–water partition coefficient (Wildman–Crippen LogP) is 3.72. The molecular weight excluding hydrogens is 311 g/mol. The van der Waals surface area contributed by atoms with Gasteiger partial charge in [0.15, 0.2) is 0 Å². The molecule has 0 amide bonds. The minimum Gasteiger partial charge on any atom is -0.478 e. The van der Waals surface area contributed by atoms with E-state index in [1.807, 2.05) is 0 Å². The first-order valence-electron chi connectivity index (χ1n) is 5.29. The summed E-state index contributed by atoms with van der Waals surface area (Å²) in [5, 5.41) is 10.3. The molecule has 0 fully saturated rings. The summed E-state index contributed by atoms with van der Waals surface area (Å²) in [6, 6.07) is 1.60. The molecule has 0 aliphatic carbocycles. The first-order valence-corrected chi connectivity index (χ1v) is 5.29. The van der Waals surface area contributed by atoms with Crippen LogP contribution in [0.3, 0.4) is 0 Å². The fourth-order valence-corrected chi connectivity index (χ4v) is 1.37. The van der Waals surface area contributed by atoms with Crippen molar-refractivity contribution in [2.45, 2.75) is 18.5 Å². The second kappa shape index (κ2) is 5.78. The topological polar surface area (TPSA) is 49.3 Å². The van der Waals surface area contributed by atoms with E-state index in [0.29, 0.717) is 6.07 Å². The molecule has 0 spiro atoms. The number of alkyl halides is 7. The molecule has 0 aliphatic rings. The molecule has 21 heavy (non-hydrogen) atoms. The Balaban J connectivity index is 3.04. The highest BCUT2D eigenvalue weighted by Gasteiger charge is 2.41. The number of carboxylic acids is 1. The van der Waals surface area contributed by atoms with Crippen molar-refractivity contribution in [2.24, 2.45) is 0 Å². The lowest BCUT2D eigenvalue weighted by atomic mass is 10.1. The van der Waals surface area contributed by atoms with Gasteiger partial charge in [0.05, 0.1) is 17.7 Å². The van der Waals surface area contributed by atoms with Crippen LogP contribution < -0.4 is 5.32 Å². The van der Waals surface area contributed by atoms with Gasteiger partial charge in [0.2, 0.25) is 0 Å². The van der Waals surface area contributed by atoms with E-state index in [2.05, 4.69) is 0 Å². The molecule has 118 valence electrons. The van der Waals surface area contributed by atoms with Gasteiger partial charge in [0.25, 0.3) is 0 Å². The molecule has 2 N–H and O–H groups in total. The molecule has 0 radical (unpaired) electrons. The van der Waals surface area contributed by atoms with Crippen LogP contribution in [0.2, 0.25) is 0 Å². The third kappa shape index (κ3) is 4.23. The van der Waals surface area contributed by atoms with Crippen molar-refractivity contribution < 1.29 is 40.6 Å². The number of halogens is 7. The molecule has 0 atom stereocenters. The quantitative estimate of drug-likeness (QED) is 0.813. The Morgan fingerprint density at radius 3 is 2.19 bits per heavy atom. The Labute approximate surface area is 113 Å². The average molecular weight is 319 g/mol. The third-order valence-corrected chi connectivity index (χ3v) is 2.40. The highest BCUT2D eigenvalue weighted by Crippen LogP contribution is 2.34. The molecule has 0 unspecified atom stereocenters. The molecule has 3 nitrogen and oxygen atoms in total. The standard InChI is InChI=1S/C11H8F7NO2/c12-9(13)10(14,15)4-19-5-1-2-6(8(20)21)7(3-5)11(16,17)18/h1-3,9,19H,4H2,(H,20,21). The largest absolute Gasteiger partial charge is 0.478 e. The van der Waals surface area contributed by atoms with Crippen molar-refractivity contribution in [1.82, 2.24) is 0 Å². The Kier molecular flexibility index (Phi) is 4.69. The van der Waals surface area contributed by atoms with E-state index in [4.69, 9.17) is 5.11 Å². The summed E-state index contributed by atoms with van der Waals surface area (Å²) >= 11 is 0. The van der Waals surface area contributed by atoms with Gasteiger partial charge in [-0.1, -0.05) is 0 Å². The lowest BCUT2D eigenvalue weighted by molar-refractivity contribution is -0.138. The van der Waals surface area contributed by atoms with Gasteiger partial charge in [0.1, 0.15) is 0 Å². The first kappa shape index (κ1) is 17.1. The fraction of sp³-hybridized carbons (Fsp3) is 0.364. The highest BCUT2D eigenvalue weighted by molar-refractivity contribution is 5.90. The van der Waals surface area contributed by atoms with Crippen LogP contribution in [0.25, 0.3) is 0 Å². The Morgan fingerprint density at radius 1 is 1.19 bits per heavy atom. The average Bonchev–Trinajstić information content (AvgIpc) is 2.34. The molecule has 1 aromatic carbocycles. The van der Waals surface area contributed by atoms with E-state index in [-0.39, 0.29) is 6.07 Å². The first-order chi connectivity index (χ1) is 9.45. The van der Waals surface area contributed by atoms with Gasteiger partial charge < -0.3 is 10.4 Å². The summed E-state index contributed by atoms with van der Waals surface area (Å²) in [6.07, 6.45) is -9.01. The fourth-order valence-electron chi connectivity index (χ4n) is 1.37. The molecule has 0 heterocycles. The third-order valence-electron chi connectivity index (χ3n) is 2.40. The van der Waals surface area contributed by atoms with Crippen molar-refractivity contribution in [1.29, 1.82) is 0 Å². The summed E-state index contributed by atoms with van der Waals surface area (Å²) < 4.78 is 87.0. The molecule has 0 aliphatic heterocycles. The Bertz CT molecular complexity index is 528. The number of carboxylic acid groups (broad SMARTS) is 1. The van der Waals surface area contributed by atoms with E-state index in [9.17, 15) is 35.5 Å². The normalized spacial score (nSPS) is 12.6. The number of carbonyl (C=O) groups is 1. The molecule has 0 bridgehead atoms. The number of nitrogens with one attached hydrogen (secondary N) is 1. The van der Waals surface area contributed by atoms with Gasteiger partial charge in [-0.2, -0.15) is 22.0 Å². The maximum Gasteiger partial charge on any atom is 0.417 e. The van der Waals surface area contributed by atoms with E-state index in [1.165, 1.54) is 0 Å². The van der Waals surface area contributed by atoms with Crippen LogP contribution in [0.15, 0.2) is 18.2 Å².